The fourth-order valence-corrected chi connectivity index (χ4v) is 1.85. The van der Waals surface area contributed by atoms with Gasteiger partial charge in [-0.2, -0.15) is 0 Å². The SMILES string of the molecule is Cc1ccc(C(N)=S)cc1OCc1cc(F)ccc1F. The average Bonchev–Trinajstić information content (AvgIpc) is 2.41. The third-order valence-electron chi connectivity index (χ3n) is 2.86. The van der Waals surface area contributed by atoms with Crippen molar-refractivity contribution in [2.45, 2.75) is 13.5 Å². The van der Waals surface area contributed by atoms with Crippen molar-refractivity contribution in [3.63, 3.8) is 0 Å². The summed E-state index contributed by atoms with van der Waals surface area (Å²) in [6, 6.07) is 8.54. The summed E-state index contributed by atoms with van der Waals surface area (Å²) in [6.07, 6.45) is 0. The minimum Gasteiger partial charge on any atom is -0.489 e. The van der Waals surface area contributed by atoms with E-state index in [0.29, 0.717) is 11.3 Å². The van der Waals surface area contributed by atoms with Crippen LogP contribution >= 0.6 is 12.2 Å². The van der Waals surface area contributed by atoms with E-state index in [-0.39, 0.29) is 17.2 Å². The van der Waals surface area contributed by atoms with Crippen LogP contribution in [0.5, 0.6) is 5.75 Å². The molecule has 2 aromatic carbocycles. The van der Waals surface area contributed by atoms with Crippen LogP contribution in [0.1, 0.15) is 16.7 Å². The van der Waals surface area contributed by atoms with E-state index in [1.165, 1.54) is 0 Å². The second-order valence-electron chi connectivity index (χ2n) is 4.37. The van der Waals surface area contributed by atoms with Crippen LogP contribution in [0.3, 0.4) is 0 Å². The van der Waals surface area contributed by atoms with Gasteiger partial charge >= 0.3 is 0 Å². The number of halogens is 2. The zero-order valence-electron chi connectivity index (χ0n) is 10.8. The normalized spacial score (nSPS) is 10.3. The van der Waals surface area contributed by atoms with E-state index < -0.39 is 11.6 Å². The quantitative estimate of drug-likeness (QED) is 0.877. The summed E-state index contributed by atoms with van der Waals surface area (Å²) in [7, 11) is 0. The Morgan fingerprint density at radius 3 is 2.65 bits per heavy atom. The summed E-state index contributed by atoms with van der Waals surface area (Å²) in [6.45, 7) is 1.78. The molecule has 0 heterocycles. The van der Waals surface area contributed by atoms with E-state index in [9.17, 15) is 8.78 Å². The van der Waals surface area contributed by atoms with Gasteiger partial charge in [0.05, 0.1) is 0 Å². The standard InChI is InChI=1S/C15H13F2NOS/c1-9-2-3-10(15(18)20)7-14(9)19-8-11-6-12(16)4-5-13(11)17/h2-7H,8H2,1H3,(H2,18,20). The van der Waals surface area contributed by atoms with Crippen LogP contribution in [-0.2, 0) is 6.61 Å². The van der Waals surface area contributed by atoms with Gasteiger partial charge in [0.15, 0.2) is 0 Å². The van der Waals surface area contributed by atoms with Gasteiger partial charge in [0.1, 0.15) is 29.0 Å². The molecular formula is C15H13F2NOS. The van der Waals surface area contributed by atoms with E-state index >= 15 is 0 Å². The molecule has 0 bridgehead atoms. The Kier molecular flexibility index (Phi) is 4.29. The molecule has 0 saturated carbocycles. The summed E-state index contributed by atoms with van der Waals surface area (Å²) >= 11 is 4.89. The van der Waals surface area contributed by atoms with Gasteiger partial charge in [-0.15, -0.1) is 0 Å². The fourth-order valence-electron chi connectivity index (χ4n) is 1.72. The molecule has 2 rings (SSSR count). The molecule has 2 nitrogen and oxygen atoms in total. The zero-order valence-corrected chi connectivity index (χ0v) is 11.6. The maximum atomic E-state index is 13.5. The zero-order chi connectivity index (χ0) is 14.7. The fraction of sp³-hybridized carbons (Fsp3) is 0.133. The predicted octanol–water partition coefficient (Wildman–Crippen LogP) is 3.49. The number of hydrogen-bond donors (Lipinski definition) is 1. The van der Waals surface area contributed by atoms with Crippen LogP contribution < -0.4 is 10.5 Å². The van der Waals surface area contributed by atoms with Crippen molar-refractivity contribution in [1.82, 2.24) is 0 Å². The Labute approximate surface area is 121 Å². The molecule has 0 amide bonds. The molecule has 0 aliphatic carbocycles. The highest BCUT2D eigenvalue weighted by molar-refractivity contribution is 7.80. The van der Waals surface area contributed by atoms with Crippen LogP contribution in [0.4, 0.5) is 8.78 Å². The van der Waals surface area contributed by atoms with Crippen molar-refractivity contribution in [3.8, 4) is 5.75 Å². The van der Waals surface area contributed by atoms with E-state index in [0.717, 1.165) is 23.8 Å². The van der Waals surface area contributed by atoms with Gasteiger partial charge < -0.3 is 10.5 Å². The van der Waals surface area contributed by atoms with Crippen LogP contribution in [0.15, 0.2) is 36.4 Å². The third-order valence-corrected chi connectivity index (χ3v) is 3.10. The number of hydrogen-bond acceptors (Lipinski definition) is 2. The van der Waals surface area contributed by atoms with Gasteiger partial charge in [-0.05, 0) is 36.8 Å². The molecule has 20 heavy (non-hydrogen) atoms. The maximum absolute atomic E-state index is 13.5. The summed E-state index contributed by atoms with van der Waals surface area (Å²) in [5.74, 6) is -0.466. The lowest BCUT2D eigenvalue weighted by molar-refractivity contribution is 0.297. The van der Waals surface area contributed by atoms with Crippen molar-refractivity contribution >= 4 is 17.2 Å². The van der Waals surface area contributed by atoms with Gasteiger partial charge in [-0.3, -0.25) is 0 Å². The predicted molar refractivity (Wildman–Crippen MR) is 77.8 cm³/mol. The molecule has 2 N–H and O–H groups in total. The number of rotatable bonds is 4. The first-order chi connectivity index (χ1) is 9.47. The first-order valence-corrected chi connectivity index (χ1v) is 6.35. The van der Waals surface area contributed by atoms with Gasteiger partial charge in [-0.25, -0.2) is 8.78 Å². The lowest BCUT2D eigenvalue weighted by Gasteiger charge is -2.11. The van der Waals surface area contributed by atoms with Crippen molar-refractivity contribution in [2.75, 3.05) is 0 Å². The molecule has 0 spiro atoms. The molecular weight excluding hydrogens is 280 g/mol. The Morgan fingerprint density at radius 2 is 1.95 bits per heavy atom. The van der Waals surface area contributed by atoms with E-state index in [1.807, 2.05) is 13.0 Å². The van der Waals surface area contributed by atoms with E-state index in [1.54, 1.807) is 12.1 Å². The molecule has 0 aliphatic heterocycles. The van der Waals surface area contributed by atoms with E-state index in [2.05, 4.69) is 0 Å². The molecule has 0 radical (unpaired) electrons. The molecule has 0 saturated heterocycles. The Morgan fingerprint density at radius 1 is 1.20 bits per heavy atom. The first kappa shape index (κ1) is 14.4. The van der Waals surface area contributed by atoms with Crippen LogP contribution in [0.25, 0.3) is 0 Å². The lowest BCUT2D eigenvalue weighted by atomic mass is 10.1. The van der Waals surface area contributed by atoms with Gasteiger partial charge in [-0.1, -0.05) is 24.4 Å². The smallest absolute Gasteiger partial charge is 0.130 e. The number of benzene rings is 2. The molecule has 0 atom stereocenters. The number of thiocarbonyl (C=S) groups is 1. The third kappa shape index (κ3) is 3.30. The monoisotopic (exact) mass is 293 g/mol. The highest BCUT2D eigenvalue weighted by Gasteiger charge is 2.07. The topological polar surface area (TPSA) is 35.2 Å². The van der Waals surface area contributed by atoms with Crippen LogP contribution in [0.2, 0.25) is 0 Å². The molecule has 0 fully saturated rings. The van der Waals surface area contributed by atoms with Crippen LogP contribution in [-0.4, -0.2) is 4.99 Å². The summed E-state index contributed by atoms with van der Waals surface area (Å²) < 4.78 is 32.1. The summed E-state index contributed by atoms with van der Waals surface area (Å²) in [5, 5.41) is 0. The Bertz CT molecular complexity index is 658. The second-order valence-corrected chi connectivity index (χ2v) is 4.81. The lowest BCUT2D eigenvalue weighted by Crippen LogP contribution is -2.10. The van der Waals surface area contributed by atoms with Gasteiger partial charge in [0.2, 0.25) is 0 Å². The molecule has 2 aromatic rings. The van der Waals surface area contributed by atoms with Crippen molar-refractivity contribution in [1.29, 1.82) is 0 Å². The minimum absolute atomic E-state index is 0.0643. The number of ether oxygens (including phenoxy) is 1. The Hall–Kier alpha value is -2.01. The average molecular weight is 293 g/mol. The molecule has 0 unspecified atom stereocenters. The van der Waals surface area contributed by atoms with Gasteiger partial charge in [0.25, 0.3) is 0 Å². The molecule has 104 valence electrons. The largest absolute Gasteiger partial charge is 0.489 e. The Balaban J connectivity index is 2.20. The van der Waals surface area contributed by atoms with Crippen molar-refractivity contribution in [3.05, 3.63) is 64.7 Å². The molecule has 0 aliphatic rings. The highest BCUT2D eigenvalue weighted by atomic mass is 32.1. The maximum Gasteiger partial charge on any atom is 0.130 e. The minimum atomic E-state index is -0.505. The van der Waals surface area contributed by atoms with E-state index in [4.69, 9.17) is 22.7 Å². The second kappa shape index (κ2) is 5.96. The highest BCUT2D eigenvalue weighted by Crippen LogP contribution is 2.21. The van der Waals surface area contributed by atoms with Crippen molar-refractivity contribution < 1.29 is 13.5 Å². The number of nitrogens with two attached hydrogens (primary N) is 1. The molecule has 0 aromatic heterocycles. The van der Waals surface area contributed by atoms with Crippen LogP contribution in [0, 0.1) is 18.6 Å². The summed E-state index contributed by atoms with van der Waals surface area (Å²) in [5.41, 5.74) is 7.24. The number of aryl methyl sites for hydroxylation is 1. The van der Waals surface area contributed by atoms with Crippen molar-refractivity contribution in [2.24, 2.45) is 5.73 Å². The van der Waals surface area contributed by atoms with Gasteiger partial charge in [0, 0.05) is 11.1 Å². The summed E-state index contributed by atoms with van der Waals surface area (Å²) in [4.78, 5) is 0.256. The first-order valence-electron chi connectivity index (χ1n) is 5.94. The molecule has 5 heteroatoms.